The summed E-state index contributed by atoms with van der Waals surface area (Å²) in [6.07, 6.45) is 9.03. The van der Waals surface area contributed by atoms with Crippen LogP contribution in [0.1, 0.15) is 22.1 Å². The van der Waals surface area contributed by atoms with E-state index in [4.69, 9.17) is 0 Å². The molecule has 1 saturated heterocycles. The third-order valence-electron chi connectivity index (χ3n) is 4.57. The smallest absolute Gasteiger partial charge is 0.274 e. The van der Waals surface area contributed by atoms with Gasteiger partial charge >= 0.3 is 0 Å². The van der Waals surface area contributed by atoms with E-state index < -0.39 is 0 Å². The van der Waals surface area contributed by atoms with Gasteiger partial charge in [0.05, 0.1) is 19.1 Å². The molecule has 0 bridgehead atoms. The highest BCUT2D eigenvalue weighted by Gasteiger charge is 2.29. The quantitative estimate of drug-likeness (QED) is 0.741. The van der Waals surface area contributed by atoms with E-state index in [2.05, 4.69) is 20.5 Å². The zero-order chi connectivity index (χ0) is 17.8. The van der Waals surface area contributed by atoms with Crippen LogP contribution in [0, 0.1) is 0 Å². The fourth-order valence-electron chi connectivity index (χ4n) is 3.22. The Hall–Kier alpha value is -3.00. The molecular formula is C18H21N7O. The Kier molecular flexibility index (Phi) is 4.74. The summed E-state index contributed by atoms with van der Waals surface area (Å²) in [6, 6.07) is 7.59. The molecule has 1 N–H and O–H groups in total. The van der Waals surface area contributed by atoms with E-state index in [1.165, 1.54) is 0 Å². The SMILES string of the molecule is O=C(c1ccn(CCn2cccn2)n1)N1CCNCC1c1ccncc1. The average molecular weight is 351 g/mol. The molecule has 1 fully saturated rings. The molecule has 3 aromatic rings. The molecular weight excluding hydrogens is 330 g/mol. The van der Waals surface area contributed by atoms with E-state index in [1.807, 2.05) is 40.2 Å². The van der Waals surface area contributed by atoms with Crippen molar-refractivity contribution in [3.63, 3.8) is 0 Å². The fourth-order valence-corrected chi connectivity index (χ4v) is 3.22. The molecule has 0 saturated carbocycles. The van der Waals surface area contributed by atoms with Crippen molar-refractivity contribution >= 4 is 5.91 Å². The van der Waals surface area contributed by atoms with Crippen molar-refractivity contribution in [2.24, 2.45) is 0 Å². The number of rotatable bonds is 5. The van der Waals surface area contributed by atoms with Crippen LogP contribution in [-0.4, -0.2) is 55.0 Å². The maximum Gasteiger partial charge on any atom is 0.274 e. The van der Waals surface area contributed by atoms with E-state index in [1.54, 1.807) is 29.3 Å². The van der Waals surface area contributed by atoms with Gasteiger partial charge in [-0.3, -0.25) is 19.1 Å². The van der Waals surface area contributed by atoms with Crippen LogP contribution < -0.4 is 5.32 Å². The summed E-state index contributed by atoms with van der Waals surface area (Å²) in [4.78, 5) is 19.0. The minimum atomic E-state index is -0.0360. The highest BCUT2D eigenvalue weighted by molar-refractivity contribution is 5.92. The number of hydrogen-bond acceptors (Lipinski definition) is 5. The van der Waals surface area contributed by atoms with Gasteiger partial charge in [-0.15, -0.1) is 0 Å². The second-order valence-corrected chi connectivity index (χ2v) is 6.23. The monoisotopic (exact) mass is 351 g/mol. The van der Waals surface area contributed by atoms with Crippen LogP contribution in [0.4, 0.5) is 0 Å². The first-order valence-corrected chi connectivity index (χ1v) is 8.74. The van der Waals surface area contributed by atoms with Gasteiger partial charge in [0.15, 0.2) is 0 Å². The zero-order valence-electron chi connectivity index (χ0n) is 14.4. The Morgan fingerprint density at radius 1 is 1.12 bits per heavy atom. The largest absolute Gasteiger partial charge is 0.328 e. The van der Waals surface area contributed by atoms with Crippen molar-refractivity contribution in [1.29, 1.82) is 0 Å². The van der Waals surface area contributed by atoms with Crippen molar-refractivity contribution in [1.82, 2.24) is 34.8 Å². The summed E-state index contributed by atoms with van der Waals surface area (Å²) in [7, 11) is 0. The molecule has 1 amide bonds. The number of nitrogens with zero attached hydrogens (tertiary/aromatic N) is 6. The van der Waals surface area contributed by atoms with Crippen molar-refractivity contribution in [2.45, 2.75) is 19.1 Å². The second-order valence-electron chi connectivity index (χ2n) is 6.23. The lowest BCUT2D eigenvalue weighted by atomic mass is 10.0. The zero-order valence-corrected chi connectivity index (χ0v) is 14.4. The molecule has 1 unspecified atom stereocenters. The number of amides is 1. The van der Waals surface area contributed by atoms with Crippen LogP contribution in [0.25, 0.3) is 0 Å². The van der Waals surface area contributed by atoms with Gasteiger partial charge in [-0.25, -0.2) is 0 Å². The van der Waals surface area contributed by atoms with Crippen molar-refractivity contribution in [3.05, 3.63) is 66.5 Å². The first kappa shape index (κ1) is 16.5. The molecule has 3 aromatic heterocycles. The van der Waals surface area contributed by atoms with Crippen LogP contribution in [0.3, 0.4) is 0 Å². The summed E-state index contributed by atoms with van der Waals surface area (Å²) in [6.45, 7) is 3.56. The number of carbonyl (C=O) groups is 1. The van der Waals surface area contributed by atoms with Crippen molar-refractivity contribution in [3.8, 4) is 0 Å². The van der Waals surface area contributed by atoms with Crippen LogP contribution in [0.15, 0.2) is 55.2 Å². The van der Waals surface area contributed by atoms with Crippen molar-refractivity contribution in [2.75, 3.05) is 19.6 Å². The highest BCUT2D eigenvalue weighted by atomic mass is 16.2. The molecule has 134 valence electrons. The topological polar surface area (TPSA) is 80.9 Å². The third-order valence-corrected chi connectivity index (χ3v) is 4.57. The molecule has 1 aliphatic heterocycles. The first-order valence-electron chi connectivity index (χ1n) is 8.74. The van der Waals surface area contributed by atoms with Gasteiger partial charge < -0.3 is 10.2 Å². The minimum absolute atomic E-state index is 0.00604. The Morgan fingerprint density at radius 2 is 1.96 bits per heavy atom. The molecule has 8 nitrogen and oxygen atoms in total. The number of nitrogens with one attached hydrogen (secondary N) is 1. The van der Waals surface area contributed by atoms with Gasteiger partial charge in [0.25, 0.3) is 5.91 Å². The summed E-state index contributed by atoms with van der Waals surface area (Å²) < 4.78 is 3.64. The molecule has 0 aliphatic carbocycles. The van der Waals surface area contributed by atoms with Crippen LogP contribution >= 0.6 is 0 Å². The van der Waals surface area contributed by atoms with Gasteiger partial charge in [0.1, 0.15) is 5.69 Å². The summed E-state index contributed by atoms with van der Waals surface area (Å²) in [5.74, 6) is -0.0360. The van der Waals surface area contributed by atoms with Crippen molar-refractivity contribution < 1.29 is 4.79 Å². The molecule has 0 aromatic carbocycles. The number of pyridine rings is 1. The lowest BCUT2D eigenvalue weighted by Gasteiger charge is -2.36. The minimum Gasteiger partial charge on any atom is -0.328 e. The van der Waals surface area contributed by atoms with E-state index in [-0.39, 0.29) is 11.9 Å². The number of aryl methyl sites for hydroxylation is 2. The Bertz CT molecular complexity index is 844. The maximum atomic E-state index is 13.0. The molecule has 26 heavy (non-hydrogen) atoms. The molecule has 0 radical (unpaired) electrons. The highest BCUT2D eigenvalue weighted by Crippen LogP contribution is 2.23. The predicted octanol–water partition coefficient (Wildman–Crippen LogP) is 0.961. The summed E-state index contributed by atoms with van der Waals surface area (Å²) in [5.41, 5.74) is 1.56. The maximum absolute atomic E-state index is 13.0. The van der Waals surface area contributed by atoms with E-state index in [9.17, 15) is 4.79 Å². The number of hydrogen-bond donors (Lipinski definition) is 1. The molecule has 0 spiro atoms. The Balaban J connectivity index is 1.47. The Morgan fingerprint density at radius 3 is 2.77 bits per heavy atom. The van der Waals surface area contributed by atoms with E-state index in [0.29, 0.717) is 18.8 Å². The van der Waals surface area contributed by atoms with Gasteiger partial charge in [0.2, 0.25) is 0 Å². The fraction of sp³-hybridized carbons (Fsp3) is 0.333. The molecule has 1 aliphatic rings. The lowest BCUT2D eigenvalue weighted by Crippen LogP contribution is -2.48. The average Bonchev–Trinajstić information content (AvgIpc) is 3.38. The predicted molar refractivity (Wildman–Crippen MR) is 95.3 cm³/mol. The summed E-state index contributed by atoms with van der Waals surface area (Å²) in [5, 5.41) is 12.0. The van der Waals surface area contributed by atoms with Crippen LogP contribution in [0.5, 0.6) is 0 Å². The number of aromatic nitrogens is 5. The molecule has 4 rings (SSSR count). The first-order chi connectivity index (χ1) is 12.8. The van der Waals surface area contributed by atoms with Crippen LogP contribution in [-0.2, 0) is 13.1 Å². The van der Waals surface area contributed by atoms with Gasteiger partial charge in [0, 0.05) is 50.6 Å². The molecule has 1 atom stereocenters. The van der Waals surface area contributed by atoms with Gasteiger partial charge in [-0.1, -0.05) is 0 Å². The van der Waals surface area contributed by atoms with E-state index >= 15 is 0 Å². The molecule has 4 heterocycles. The van der Waals surface area contributed by atoms with E-state index in [0.717, 1.165) is 25.2 Å². The second kappa shape index (κ2) is 7.49. The Labute approximate surface area is 151 Å². The number of carbonyl (C=O) groups excluding carboxylic acids is 1. The third kappa shape index (κ3) is 3.50. The van der Waals surface area contributed by atoms with Gasteiger partial charge in [-0.2, -0.15) is 10.2 Å². The summed E-state index contributed by atoms with van der Waals surface area (Å²) >= 11 is 0. The standard InChI is InChI=1S/C18H21N7O/c26-18(16-4-10-24(22-16)13-12-23-9-1-5-21-23)25-11-8-20-14-17(25)15-2-6-19-7-3-15/h1-7,9-10,17,20H,8,11-14H2. The normalized spacial score (nSPS) is 17.4. The van der Waals surface area contributed by atoms with Gasteiger partial charge in [-0.05, 0) is 29.8 Å². The van der Waals surface area contributed by atoms with Crippen LogP contribution in [0.2, 0.25) is 0 Å². The lowest BCUT2D eigenvalue weighted by molar-refractivity contribution is 0.0627. The molecule has 8 heteroatoms. The number of piperazine rings is 1.